The van der Waals surface area contributed by atoms with Gasteiger partial charge in [0, 0.05) is 39.4 Å². The highest BCUT2D eigenvalue weighted by Gasteiger charge is 2.28. The van der Waals surface area contributed by atoms with E-state index in [1.54, 1.807) is 10.9 Å². The molecule has 1 N–H and O–H groups in total. The number of hydrogen-bond donors (Lipinski definition) is 1. The number of rotatable bonds is 4. The van der Waals surface area contributed by atoms with Crippen molar-refractivity contribution in [1.82, 2.24) is 20.0 Å². The predicted molar refractivity (Wildman–Crippen MR) is 104 cm³/mol. The van der Waals surface area contributed by atoms with Crippen LogP contribution in [0.5, 0.6) is 0 Å². The fraction of sp³-hybridized carbons (Fsp3) is 0.737. The Bertz CT molecular complexity index is 640. The van der Waals surface area contributed by atoms with Crippen LogP contribution >= 0.6 is 0 Å². The van der Waals surface area contributed by atoms with Crippen molar-refractivity contribution in [3.8, 4) is 0 Å². The van der Waals surface area contributed by atoms with Gasteiger partial charge in [-0.1, -0.05) is 19.8 Å². The van der Waals surface area contributed by atoms with Crippen molar-refractivity contribution in [2.24, 2.45) is 23.9 Å². The first kappa shape index (κ1) is 18.7. The lowest BCUT2D eigenvalue weighted by atomic mass is 9.82. The van der Waals surface area contributed by atoms with Crippen LogP contribution in [-0.4, -0.2) is 59.3 Å². The van der Waals surface area contributed by atoms with E-state index in [2.05, 4.69) is 29.2 Å². The second kappa shape index (κ2) is 8.56. The number of nitrogens with one attached hydrogen (secondary N) is 1. The molecule has 0 aromatic carbocycles. The summed E-state index contributed by atoms with van der Waals surface area (Å²) in [5, 5.41) is 7.54. The Morgan fingerprint density at radius 1 is 1.38 bits per heavy atom. The van der Waals surface area contributed by atoms with Gasteiger partial charge in [-0.15, -0.1) is 0 Å². The molecular weight excluding hydrogens is 328 g/mol. The molecule has 1 aliphatic heterocycles. The molecule has 0 radical (unpaired) electrons. The summed E-state index contributed by atoms with van der Waals surface area (Å²) in [4.78, 5) is 21.4. The van der Waals surface area contributed by atoms with Crippen LogP contribution < -0.4 is 10.2 Å². The molecule has 1 aromatic heterocycles. The molecule has 1 saturated heterocycles. The normalized spacial score (nSPS) is 24.9. The van der Waals surface area contributed by atoms with E-state index in [-0.39, 0.29) is 5.91 Å². The van der Waals surface area contributed by atoms with Crippen molar-refractivity contribution in [1.29, 1.82) is 0 Å². The van der Waals surface area contributed by atoms with E-state index in [0.717, 1.165) is 37.2 Å². The maximum absolute atomic E-state index is 12.6. The van der Waals surface area contributed by atoms with Gasteiger partial charge in [-0.3, -0.25) is 14.5 Å². The minimum Gasteiger partial charge on any atom is -0.357 e. The van der Waals surface area contributed by atoms with Gasteiger partial charge in [0.15, 0.2) is 5.96 Å². The minimum atomic E-state index is 0.0983. The van der Waals surface area contributed by atoms with Crippen molar-refractivity contribution in [2.45, 2.75) is 39.5 Å². The first-order valence-corrected chi connectivity index (χ1v) is 9.89. The number of aliphatic imine (C=N–C) groups is 1. The SMILES string of the molecule is CCNC(=NCC1CCCC(C)C1)N1CCN(c2cnn(C)c2)C(=O)C1. The van der Waals surface area contributed by atoms with Crippen molar-refractivity contribution in [3.63, 3.8) is 0 Å². The number of guanidine groups is 1. The van der Waals surface area contributed by atoms with Gasteiger partial charge in [0.05, 0.1) is 11.9 Å². The number of aromatic nitrogens is 2. The monoisotopic (exact) mass is 360 g/mol. The van der Waals surface area contributed by atoms with Crippen LogP contribution in [0.3, 0.4) is 0 Å². The fourth-order valence-corrected chi connectivity index (χ4v) is 4.04. The molecule has 1 aliphatic carbocycles. The number of amides is 1. The summed E-state index contributed by atoms with van der Waals surface area (Å²) >= 11 is 0. The highest BCUT2D eigenvalue weighted by molar-refractivity contribution is 5.98. The minimum absolute atomic E-state index is 0.0983. The molecule has 7 heteroatoms. The molecule has 1 aromatic rings. The number of anilines is 1. The van der Waals surface area contributed by atoms with Crippen LogP contribution in [0.15, 0.2) is 17.4 Å². The lowest BCUT2D eigenvalue weighted by molar-refractivity contribution is -0.120. The second-order valence-electron chi connectivity index (χ2n) is 7.67. The summed E-state index contributed by atoms with van der Waals surface area (Å²) in [6.07, 6.45) is 8.86. The van der Waals surface area contributed by atoms with Crippen molar-refractivity contribution in [3.05, 3.63) is 12.4 Å². The van der Waals surface area contributed by atoms with Gasteiger partial charge < -0.3 is 15.1 Å². The van der Waals surface area contributed by atoms with Crippen molar-refractivity contribution >= 4 is 17.6 Å². The molecule has 26 heavy (non-hydrogen) atoms. The highest BCUT2D eigenvalue weighted by atomic mass is 16.2. The number of nitrogens with zero attached hydrogens (tertiary/aromatic N) is 5. The topological polar surface area (TPSA) is 65.8 Å². The lowest BCUT2D eigenvalue weighted by Crippen LogP contribution is -2.55. The average molecular weight is 361 g/mol. The summed E-state index contributed by atoms with van der Waals surface area (Å²) < 4.78 is 1.73. The van der Waals surface area contributed by atoms with Crippen molar-refractivity contribution < 1.29 is 4.79 Å². The maximum Gasteiger partial charge on any atom is 0.246 e. The first-order valence-electron chi connectivity index (χ1n) is 9.89. The van der Waals surface area contributed by atoms with E-state index in [4.69, 9.17) is 4.99 Å². The molecule has 7 nitrogen and oxygen atoms in total. The molecule has 2 unspecified atom stereocenters. The molecule has 1 saturated carbocycles. The summed E-state index contributed by atoms with van der Waals surface area (Å²) in [5.41, 5.74) is 0.871. The first-order chi connectivity index (χ1) is 12.6. The number of hydrogen-bond acceptors (Lipinski definition) is 3. The molecule has 2 atom stereocenters. The third-order valence-electron chi connectivity index (χ3n) is 5.40. The van der Waals surface area contributed by atoms with Crippen LogP contribution in [0.2, 0.25) is 0 Å². The maximum atomic E-state index is 12.6. The molecular formula is C19H32N6O. The summed E-state index contributed by atoms with van der Waals surface area (Å²) in [6.45, 7) is 7.91. The smallest absolute Gasteiger partial charge is 0.246 e. The molecule has 0 bridgehead atoms. The van der Waals surface area contributed by atoms with Crippen LogP contribution in [-0.2, 0) is 11.8 Å². The molecule has 144 valence electrons. The Morgan fingerprint density at radius 2 is 2.23 bits per heavy atom. The Kier molecular flexibility index (Phi) is 6.16. The quantitative estimate of drug-likeness (QED) is 0.657. The molecule has 2 fully saturated rings. The average Bonchev–Trinajstić information content (AvgIpc) is 3.04. The van der Waals surface area contributed by atoms with E-state index in [0.29, 0.717) is 19.0 Å². The van der Waals surface area contributed by atoms with Gasteiger partial charge in [0.2, 0.25) is 5.91 Å². The molecule has 0 spiro atoms. The van der Waals surface area contributed by atoms with E-state index in [9.17, 15) is 4.79 Å². The van der Waals surface area contributed by atoms with Crippen LogP contribution in [0.4, 0.5) is 5.69 Å². The van der Waals surface area contributed by atoms with Crippen LogP contribution in [0.1, 0.15) is 39.5 Å². The van der Waals surface area contributed by atoms with E-state index in [1.807, 2.05) is 18.1 Å². The summed E-state index contributed by atoms with van der Waals surface area (Å²) in [6, 6.07) is 0. The number of piperazine rings is 1. The van der Waals surface area contributed by atoms with Crippen molar-refractivity contribution in [2.75, 3.05) is 37.6 Å². The number of carbonyl (C=O) groups is 1. The third-order valence-corrected chi connectivity index (χ3v) is 5.40. The summed E-state index contributed by atoms with van der Waals surface area (Å²) in [7, 11) is 1.87. The van der Waals surface area contributed by atoms with Crippen LogP contribution in [0.25, 0.3) is 0 Å². The zero-order valence-electron chi connectivity index (χ0n) is 16.3. The molecule has 2 aliphatic rings. The Balaban J connectivity index is 1.61. The van der Waals surface area contributed by atoms with E-state index in [1.165, 1.54) is 25.7 Å². The van der Waals surface area contributed by atoms with Crippen LogP contribution in [0, 0.1) is 11.8 Å². The summed E-state index contributed by atoms with van der Waals surface area (Å²) in [5.74, 6) is 2.47. The zero-order chi connectivity index (χ0) is 18.5. The van der Waals surface area contributed by atoms with E-state index < -0.39 is 0 Å². The van der Waals surface area contributed by atoms with Gasteiger partial charge >= 0.3 is 0 Å². The number of carbonyl (C=O) groups excluding carboxylic acids is 1. The second-order valence-corrected chi connectivity index (χ2v) is 7.67. The van der Waals surface area contributed by atoms with Gasteiger partial charge in [-0.05, 0) is 31.6 Å². The Labute approximate surface area is 156 Å². The molecule has 1 amide bonds. The molecule has 2 heterocycles. The fourth-order valence-electron chi connectivity index (χ4n) is 4.04. The van der Waals surface area contributed by atoms with Gasteiger partial charge in [-0.2, -0.15) is 5.10 Å². The predicted octanol–water partition coefficient (Wildman–Crippen LogP) is 1.86. The van der Waals surface area contributed by atoms with Gasteiger partial charge in [-0.25, -0.2) is 0 Å². The van der Waals surface area contributed by atoms with Gasteiger partial charge in [0.1, 0.15) is 6.54 Å². The standard InChI is InChI=1S/C19H32N6O/c1-4-20-19(21-11-16-7-5-6-15(2)10-16)24-8-9-25(18(26)14-24)17-12-22-23(3)13-17/h12-13,15-16H,4-11,14H2,1-3H3,(H,20,21). The lowest BCUT2D eigenvalue weighted by Gasteiger charge is -2.35. The van der Waals surface area contributed by atoms with Gasteiger partial charge in [0.25, 0.3) is 0 Å². The Morgan fingerprint density at radius 3 is 2.88 bits per heavy atom. The highest BCUT2D eigenvalue weighted by Crippen LogP contribution is 2.28. The Hall–Kier alpha value is -2.05. The third kappa shape index (κ3) is 4.56. The number of aryl methyl sites for hydroxylation is 1. The largest absolute Gasteiger partial charge is 0.357 e. The van der Waals surface area contributed by atoms with E-state index >= 15 is 0 Å². The zero-order valence-corrected chi connectivity index (χ0v) is 16.3. The molecule has 3 rings (SSSR count).